The van der Waals surface area contributed by atoms with E-state index in [1.54, 1.807) is 36.8 Å². The number of aromatic hydroxyl groups is 3. The molecule has 0 aliphatic heterocycles. The fourth-order valence-corrected chi connectivity index (χ4v) is 4.61. The van der Waals surface area contributed by atoms with Gasteiger partial charge in [0, 0.05) is 131 Å². The molecule has 0 atom stereocenters. The second-order valence-corrected chi connectivity index (χ2v) is 11.2. The lowest BCUT2D eigenvalue weighted by atomic mass is 10.2. The van der Waals surface area contributed by atoms with Crippen molar-refractivity contribution < 1.29 is 15.3 Å². The smallest absolute Gasteiger partial charge is 0.126 e. The average molecular weight is 630 g/mol. The standard InChI is InChI=1S/C36H51N7O3/c1-7-40(4)31-13-10-28(34(44)22-31)25-37-16-19-43(20-17-38-26-29-11-14-32(23-35(29)45)41(5)8-2)21-18-39-27-30-12-15-33(24-36(30)46)42(6)9-3/h10-15,22-27,44-46H,7-9,16-21H2,1-6H3. The summed E-state index contributed by atoms with van der Waals surface area (Å²) >= 11 is 0. The highest BCUT2D eigenvalue weighted by Gasteiger charge is 2.08. The highest BCUT2D eigenvalue weighted by Crippen LogP contribution is 2.25. The van der Waals surface area contributed by atoms with E-state index < -0.39 is 0 Å². The zero-order valence-electron chi connectivity index (χ0n) is 28.3. The predicted molar refractivity (Wildman–Crippen MR) is 195 cm³/mol. The quantitative estimate of drug-likeness (QED) is 0.167. The van der Waals surface area contributed by atoms with Crippen LogP contribution in [0.1, 0.15) is 37.5 Å². The first-order valence-corrected chi connectivity index (χ1v) is 16.0. The first kappa shape index (κ1) is 35.9. The molecule has 3 rings (SSSR count). The summed E-state index contributed by atoms with van der Waals surface area (Å²) in [5.41, 5.74) is 4.92. The van der Waals surface area contributed by atoms with E-state index in [0.717, 1.165) is 36.7 Å². The Balaban J connectivity index is 1.62. The first-order valence-electron chi connectivity index (χ1n) is 16.0. The number of rotatable bonds is 18. The summed E-state index contributed by atoms with van der Waals surface area (Å²) in [6, 6.07) is 16.9. The van der Waals surface area contributed by atoms with Crippen LogP contribution in [-0.4, -0.2) is 119 Å². The summed E-state index contributed by atoms with van der Waals surface area (Å²) in [6.45, 7) is 12.4. The average Bonchev–Trinajstić information content (AvgIpc) is 3.06. The van der Waals surface area contributed by atoms with Crippen LogP contribution in [0.15, 0.2) is 69.6 Å². The molecule has 0 bridgehead atoms. The molecule has 0 fully saturated rings. The Bertz CT molecular complexity index is 1300. The van der Waals surface area contributed by atoms with Crippen molar-refractivity contribution in [1.29, 1.82) is 0 Å². The van der Waals surface area contributed by atoms with Gasteiger partial charge in [0.25, 0.3) is 0 Å². The number of aliphatic imine (C=N–C) groups is 3. The molecule has 3 aromatic rings. The summed E-state index contributed by atoms with van der Waals surface area (Å²) in [7, 11) is 5.96. The molecule has 10 nitrogen and oxygen atoms in total. The molecule has 0 heterocycles. The molecular weight excluding hydrogens is 578 g/mol. The molecule has 0 unspecified atom stereocenters. The third kappa shape index (κ3) is 10.8. The van der Waals surface area contributed by atoms with Gasteiger partial charge in [-0.3, -0.25) is 19.9 Å². The molecule has 0 spiro atoms. The minimum atomic E-state index is 0.206. The van der Waals surface area contributed by atoms with Crippen molar-refractivity contribution in [2.45, 2.75) is 20.8 Å². The maximum Gasteiger partial charge on any atom is 0.126 e. The van der Waals surface area contributed by atoms with E-state index in [9.17, 15) is 15.3 Å². The van der Waals surface area contributed by atoms with Crippen LogP contribution in [0.2, 0.25) is 0 Å². The fraction of sp³-hybridized carbons (Fsp3) is 0.417. The molecule has 3 aromatic carbocycles. The predicted octanol–water partition coefficient (Wildman–Crippen LogP) is 5.13. The van der Waals surface area contributed by atoms with Gasteiger partial charge in [-0.15, -0.1) is 0 Å². The van der Waals surface area contributed by atoms with Gasteiger partial charge in [0.1, 0.15) is 17.2 Å². The summed E-state index contributed by atoms with van der Waals surface area (Å²) in [5, 5.41) is 31.4. The number of anilines is 3. The molecule has 3 N–H and O–H groups in total. The van der Waals surface area contributed by atoms with Crippen LogP contribution in [0, 0.1) is 0 Å². The van der Waals surface area contributed by atoms with E-state index in [4.69, 9.17) is 0 Å². The van der Waals surface area contributed by atoms with Crippen molar-refractivity contribution in [2.24, 2.45) is 15.0 Å². The summed E-state index contributed by atoms with van der Waals surface area (Å²) in [5.74, 6) is 0.618. The molecule has 0 aliphatic rings. The van der Waals surface area contributed by atoms with Crippen molar-refractivity contribution in [3.8, 4) is 17.2 Å². The third-order valence-corrected chi connectivity index (χ3v) is 8.11. The first-order chi connectivity index (χ1) is 22.2. The summed E-state index contributed by atoms with van der Waals surface area (Å²) in [6.07, 6.45) is 5.14. The van der Waals surface area contributed by atoms with Crippen molar-refractivity contribution in [3.05, 3.63) is 71.3 Å². The van der Waals surface area contributed by atoms with Crippen LogP contribution in [0.5, 0.6) is 17.2 Å². The molecule has 10 heteroatoms. The van der Waals surface area contributed by atoms with Gasteiger partial charge < -0.3 is 30.0 Å². The molecular formula is C36H51N7O3. The van der Waals surface area contributed by atoms with Crippen LogP contribution >= 0.6 is 0 Å². The monoisotopic (exact) mass is 629 g/mol. The van der Waals surface area contributed by atoms with Gasteiger partial charge in [0.2, 0.25) is 0 Å². The fourth-order valence-electron chi connectivity index (χ4n) is 4.61. The minimum Gasteiger partial charge on any atom is -0.507 e. The SMILES string of the molecule is CCN(C)c1ccc(C=NCCN(CCN=Cc2ccc(N(C)CC)cc2O)CCN=Cc2ccc(N(C)CC)cc2O)c(O)c1. The Morgan fingerprint density at radius 2 is 0.783 bits per heavy atom. The summed E-state index contributed by atoms with van der Waals surface area (Å²) in [4.78, 5) is 22.2. The maximum atomic E-state index is 10.5. The third-order valence-electron chi connectivity index (χ3n) is 8.11. The van der Waals surface area contributed by atoms with Gasteiger partial charge in [0.05, 0.1) is 19.6 Å². The van der Waals surface area contributed by atoms with Gasteiger partial charge >= 0.3 is 0 Å². The Kier molecular flexibility index (Phi) is 14.4. The minimum absolute atomic E-state index is 0.206. The lowest BCUT2D eigenvalue weighted by Gasteiger charge is -2.19. The van der Waals surface area contributed by atoms with Crippen LogP contribution in [0.3, 0.4) is 0 Å². The Morgan fingerprint density at radius 1 is 0.500 bits per heavy atom. The topological polar surface area (TPSA) is 111 Å². The molecule has 248 valence electrons. The lowest BCUT2D eigenvalue weighted by Crippen LogP contribution is -2.31. The number of benzene rings is 3. The number of hydrogen-bond acceptors (Lipinski definition) is 10. The number of nitrogens with zero attached hydrogens (tertiary/aromatic N) is 7. The van der Waals surface area contributed by atoms with Crippen LogP contribution in [0.25, 0.3) is 0 Å². The Morgan fingerprint density at radius 3 is 1.02 bits per heavy atom. The van der Waals surface area contributed by atoms with E-state index in [0.29, 0.717) is 56.0 Å². The van der Waals surface area contributed by atoms with Gasteiger partial charge in [-0.2, -0.15) is 0 Å². The number of phenolic OH excluding ortho intramolecular Hbond substituents is 3. The van der Waals surface area contributed by atoms with E-state index in [2.05, 4.69) is 55.3 Å². The van der Waals surface area contributed by atoms with E-state index in [-0.39, 0.29) is 17.2 Å². The van der Waals surface area contributed by atoms with Crippen molar-refractivity contribution in [1.82, 2.24) is 4.90 Å². The number of hydrogen-bond donors (Lipinski definition) is 3. The highest BCUT2D eigenvalue weighted by molar-refractivity contribution is 5.85. The van der Waals surface area contributed by atoms with Crippen molar-refractivity contribution in [3.63, 3.8) is 0 Å². The van der Waals surface area contributed by atoms with Gasteiger partial charge in [-0.1, -0.05) is 0 Å². The van der Waals surface area contributed by atoms with Crippen LogP contribution in [0.4, 0.5) is 17.1 Å². The second-order valence-electron chi connectivity index (χ2n) is 11.2. The number of phenols is 3. The molecule has 0 saturated carbocycles. The molecule has 0 saturated heterocycles. The molecule has 46 heavy (non-hydrogen) atoms. The normalized spacial score (nSPS) is 11.8. The largest absolute Gasteiger partial charge is 0.507 e. The zero-order valence-corrected chi connectivity index (χ0v) is 28.3. The highest BCUT2D eigenvalue weighted by atomic mass is 16.3. The summed E-state index contributed by atoms with van der Waals surface area (Å²) < 4.78 is 0. The van der Waals surface area contributed by atoms with Crippen LogP contribution in [-0.2, 0) is 0 Å². The van der Waals surface area contributed by atoms with E-state index >= 15 is 0 Å². The molecule has 0 aromatic heterocycles. The zero-order chi connectivity index (χ0) is 33.5. The van der Waals surface area contributed by atoms with Crippen molar-refractivity contribution >= 4 is 35.7 Å². The van der Waals surface area contributed by atoms with Gasteiger partial charge in [-0.25, -0.2) is 0 Å². The van der Waals surface area contributed by atoms with Gasteiger partial charge in [-0.05, 0) is 57.2 Å². The van der Waals surface area contributed by atoms with E-state index in [1.165, 1.54) is 0 Å². The van der Waals surface area contributed by atoms with Gasteiger partial charge in [0.15, 0.2) is 0 Å². The molecule has 0 aliphatic carbocycles. The maximum absolute atomic E-state index is 10.5. The molecule has 0 radical (unpaired) electrons. The second kappa shape index (κ2) is 18.4. The lowest BCUT2D eigenvalue weighted by molar-refractivity contribution is 0.298. The van der Waals surface area contributed by atoms with E-state index in [1.807, 2.05) is 57.5 Å². The van der Waals surface area contributed by atoms with Crippen molar-refractivity contribution in [2.75, 3.05) is 94.7 Å². The van der Waals surface area contributed by atoms with Crippen LogP contribution < -0.4 is 14.7 Å². The Labute approximate surface area is 274 Å². The molecule has 0 amide bonds. The Hall–Kier alpha value is -4.57.